The number of ether oxygens (including phenoxy) is 1. The van der Waals surface area contributed by atoms with Crippen LogP contribution in [0, 0.1) is 5.41 Å². The smallest absolute Gasteiger partial charge is 0.132 e. The maximum Gasteiger partial charge on any atom is 0.132 e. The van der Waals surface area contributed by atoms with E-state index >= 15 is 0 Å². The highest BCUT2D eigenvalue weighted by Crippen LogP contribution is 2.26. The Balaban J connectivity index is 2.17. The first-order valence-electron chi connectivity index (χ1n) is 5.07. The molecule has 0 saturated heterocycles. The van der Waals surface area contributed by atoms with Crippen molar-refractivity contribution in [3.8, 4) is 5.75 Å². The normalized spacial score (nSPS) is 10.3. The summed E-state index contributed by atoms with van der Waals surface area (Å²) in [4.78, 5) is 1.08. The van der Waals surface area contributed by atoms with E-state index in [9.17, 15) is 0 Å². The molecular weight excluding hydrogens is 336 g/mol. The molecule has 0 radical (unpaired) electrons. The zero-order valence-corrected chi connectivity index (χ0v) is 12.4. The minimum atomic E-state index is -0.0333. The SMILES string of the molecule is N=C(N)c1ccc(Cl)cc1OCc1ccc(Br)s1. The van der Waals surface area contributed by atoms with Crippen LogP contribution in [0.4, 0.5) is 0 Å². The molecular formula is C12H10BrClN2OS. The summed E-state index contributed by atoms with van der Waals surface area (Å²) in [5.74, 6) is 0.494. The summed E-state index contributed by atoms with van der Waals surface area (Å²) in [6.07, 6.45) is 0. The lowest BCUT2D eigenvalue weighted by atomic mass is 10.2. The Morgan fingerprint density at radius 3 is 2.78 bits per heavy atom. The third-order valence-corrected chi connectivity index (χ3v) is 4.06. The van der Waals surface area contributed by atoms with E-state index in [0.717, 1.165) is 8.66 Å². The van der Waals surface area contributed by atoms with Crippen molar-refractivity contribution in [3.05, 3.63) is 49.6 Å². The van der Waals surface area contributed by atoms with Crippen molar-refractivity contribution in [2.45, 2.75) is 6.61 Å². The van der Waals surface area contributed by atoms with Crippen LogP contribution in [0.25, 0.3) is 0 Å². The van der Waals surface area contributed by atoms with Crippen molar-refractivity contribution < 1.29 is 4.74 Å². The average molecular weight is 346 g/mol. The molecule has 94 valence electrons. The van der Waals surface area contributed by atoms with Gasteiger partial charge < -0.3 is 10.5 Å². The number of amidine groups is 1. The summed E-state index contributed by atoms with van der Waals surface area (Å²) >= 11 is 10.9. The summed E-state index contributed by atoms with van der Waals surface area (Å²) in [5, 5.41) is 8.04. The maximum atomic E-state index is 7.48. The molecule has 1 aromatic heterocycles. The Labute approximate surface area is 122 Å². The number of nitrogen functional groups attached to an aromatic ring is 1. The Bertz CT molecular complexity index is 585. The minimum absolute atomic E-state index is 0.0333. The van der Waals surface area contributed by atoms with Gasteiger partial charge in [-0.15, -0.1) is 11.3 Å². The Morgan fingerprint density at radius 1 is 1.39 bits per heavy atom. The van der Waals surface area contributed by atoms with Crippen LogP contribution in [0.3, 0.4) is 0 Å². The highest BCUT2D eigenvalue weighted by molar-refractivity contribution is 9.11. The van der Waals surface area contributed by atoms with E-state index in [0.29, 0.717) is 22.9 Å². The molecule has 0 atom stereocenters. The zero-order valence-electron chi connectivity index (χ0n) is 9.24. The molecule has 6 heteroatoms. The van der Waals surface area contributed by atoms with Crippen molar-refractivity contribution in [1.29, 1.82) is 5.41 Å². The van der Waals surface area contributed by atoms with Crippen LogP contribution in [-0.2, 0) is 6.61 Å². The highest BCUT2D eigenvalue weighted by Gasteiger charge is 2.08. The van der Waals surface area contributed by atoms with Gasteiger partial charge in [-0.25, -0.2) is 0 Å². The molecule has 3 N–H and O–H groups in total. The minimum Gasteiger partial charge on any atom is -0.487 e. The molecule has 1 heterocycles. The maximum absolute atomic E-state index is 7.48. The molecule has 0 fully saturated rings. The molecule has 0 amide bonds. The molecule has 18 heavy (non-hydrogen) atoms. The van der Waals surface area contributed by atoms with Crippen LogP contribution >= 0.6 is 38.9 Å². The second-order valence-corrected chi connectivity index (χ2v) is 6.53. The van der Waals surface area contributed by atoms with Crippen molar-refractivity contribution >= 4 is 44.7 Å². The van der Waals surface area contributed by atoms with E-state index in [1.807, 2.05) is 12.1 Å². The van der Waals surface area contributed by atoms with Gasteiger partial charge in [0, 0.05) is 9.90 Å². The number of nitrogens with one attached hydrogen (secondary N) is 1. The van der Waals surface area contributed by atoms with Crippen molar-refractivity contribution in [2.24, 2.45) is 5.73 Å². The van der Waals surface area contributed by atoms with Crippen molar-refractivity contribution in [2.75, 3.05) is 0 Å². The summed E-state index contributed by atoms with van der Waals surface area (Å²) < 4.78 is 6.72. The molecule has 0 aliphatic heterocycles. The van der Waals surface area contributed by atoms with Crippen molar-refractivity contribution in [1.82, 2.24) is 0 Å². The number of hydrogen-bond donors (Lipinski definition) is 2. The van der Waals surface area contributed by atoms with Gasteiger partial charge >= 0.3 is 0 Å². The monoisotopic (exact) mass is 344 g/mol. The first-order valence-corrected chi connectivity index (χ1v) is 7.06. The summed E-state index contributed by atoms with van der Waals surface area (Å²) in [6.45, 7) is 0.427. The van der Waals surface area contributed by atoms with Crippen molar-refractivity contribution in [3.63, 3.8) is 0 Å². The molecule has 0 unspecified atom stereocenters. The van der Waals surface area contributed by atoms with Crippen LogP contribution in [0.1, 0.15) is 10.4 Å². The predicted octanol–water partition coefficient (Wildman–Crippen LogP) is 4.03. The van der Waals surface area contributed by atoms with Crippen LogP contribution in [0.2, 0.25) is 5.02 Å². The second kappa shape index (κ2) is 5.73. The molecule has 3 nitrogen and oxygen atoms in total. The number of halogens is 2. The third kappa shape index (κ3) is 3.25. The molecule has 0 bridgehead atoms. The second-order valence-electron chi connectivity index (χ2n) is 3.55. The van der Waals surface area contributed by atoms with Gasteiger partial charge in [0.1, 0.15) is 18.2 Å². The van der Waals surface area contributed by atoms with Crippen LogP contribution < -0.4 is 10.5 Å². The average Bonchev–Trinajstić information content (AvgIpc) is 2.72. The predicted molar refractivity (Wildman–Crippen MR) is 78.8 cm³/mol. The van der Waals surface area contributed by atoms with Gasteiger partial charge in [0.2, 0.25) is 0 Å². The van der Waals surface area contributed by atoms with E-state index < -0.39 is 0 Å². The third-order valence-electron chi connectivity index (χ3n) is 2.23. The molecule has 0 aliphatic carbocycles. The summed E-state index contributed by atoms with van der Waals surface area (Å²) in [5.41, 5.74) is 6.04. The van der Waals surface area contributed by atoms with E-state index in [-0.39, 0.29) is 5.84 Å². The Kier molecular flexibility index (Phi) is 4.27. The van der Waals surface area contributed by atoms with E-state index in [2.05, 4.69) is 15.9 Å². The number of rotatable bonds is 4. The molecule has 2 rings (SSSR count). The van der Waals surface area contributed by atoms with Gasteiger partial charge in [0.25, 0.3) is 0 Å². The molecule has 1 aromatic carbocycles. The van der Waals surface area contributed by atoms with E-state index in [1.165, 1.54) is 0 Å². The number of hydrogen-bond acceptors (Lipinski definition) is 3. The fourth-order valence-corrected chi connectivity index (χ4v) is 2.97. The highest BCUT2D eigenvalue weighted by atomic mass is 79.9. The lowest BCUT2D eigenvalue weighted by molar-refractivity contribution is 0.309. The van der Waals surface area contributed by atoms with Crippen LogP contribution in [0.5, 0.6) is 5.75 Å². The fourth-order valence-electron chi connectivity index (χ4n) is 1.42. The van der Waals surface area contributed by atoms with Gasteiger partial charge in [0.05, 0.1) is 9.35 Å². The lowest BCUT2D eigenvalue weighted by Crippen LogP contribution is -2.13. The Morgan fingerprint density at radius 2 is 2.17 bits per heavy atom. The topological polar surface area (TPSA) is 59.1 Å². The lowest BCUT2D eigenvalue weighted by Gasteiger charge is -2.10. The Hall–Kier alpha value is -1.04. The number of nitrogens with two attached hydrogens (primary N) is 1. The first-order chi connectivity index (χ1) is 8.56. The van der Waals surface area contributed by atoms with Gasteiger partial charge in [-0.2, -0.15) is 0 Å². The summed E-state index contributed by atoms with van der Waals surface area (Å²) in [7, 11) is 0. The zero-order chi connectivity index (χ0) is 13.1. The van der Waals surface area contributed by atoms with E-state index in [4.69, 9.17) is 27.5 Å². The quantitative estimate of drug-likeness (QED) is 0.649. The standard InChI is InChI=1S/C12H10BrClN2OS/c13-11-4-2-8(18-11)6-17-10-5-7(14)1-3-9(10)12(15)16/h1-5H,6H2,(H3,15,16). The number of thiophene rings is 1. The van der Waals surface area contributed by atoms with Gasteiger partial charge in [0.15, 0.2) is 0 Å². The summed E-state index contributed by atoms with van der Waals surface area (Å²) in [6, 6.07) is 8.98. The number of benzene rings is 1. The van der Waals surface area contributed by atoms with E-state index in [1.54, 1.807) is 29.5 Å². The van der Waals surface area contributed by atoms with Gasteiger partial charge in [-0.1, -0.05) is 11.6 Å². The molecule has 2 aromatic rings. The van der Waals surface area contributed by atoms with Gasteiger partial charge in [-0.3, -0.25) is 5.41 Å². The molecule has 0 saturated carbocycles. The fraction of sp³-hybridized carbons (Fsp3) is 0.0833. The largest absolute Gasteiger partial charge is 0.487 e. The first kappa shape index (κ1) is 13.4. The molecule has 0 aliphatic rings. The van der Waals surface area contributed by atoms with Gasteiger partial charge in [-0.05, 0) is 46.3 Å². The molecule has 0 spiro atoms. The van der Waals surface area contributed by atoms with Crippen LogP contribution in [-0.4, -0.2) is 5.84 Å². The van der Waals surface area contributed by atoms with Crippen LogP contribution in [0.15, 0.2) is 34.1 Å².